The Morgan fingerprint density at radius 3 is 2.61 bits per heavy atom. The summed E-state index contributed by atoms with van der Waals surface area (Å²) in [4.78, 5) is 42.3. The predicted molar refractivity (Wildman–Crippen MR) is 157 cm³/mol. The first-order valence-corrected chi connectivity index (χ1v) is 15.1. The first-order valence-electron chi connectivity index (χ1n) is 13.2. The van der Waals surface area contributed by atoms with E-state index in [4.69, 9.17) is 13.9 Å². The topological polar surface area (TPSA) is 98.1 Å². The Hall–Kier alpha value is -4.02. The van der Waals surface area contributed by atoms with Gasteiger partial charge in [-0.25, -0.2) is 0 Å². The second-order valence-corrected chi connectivity index (χ2v) is 12.1. The largest absolute Gasteiger partial charge is 0.497 e. The zero-order valence-electron chi connectivity index (χ0n) is 22.3. The van der Waals surface area contributed by atoms with Gasteiger partial charge in [-0.3, -0.25) is 14.4 Å². The molecule has 10 heteroatoms. The van der Waals surface area contributed by atoms with Crippen LogP contribution in [-0.4, -0.2) is 53.5 Å². The summed E-state index contributed by atoms with van der Waals surface area (Å²) in [5.74, 6) is 1.04. The van der Waals surface area contributed by atoms with E-state index in [1.807, 2.05) is 78.2 Å². The molecule has 0 saturated carbocycles. The number of nitrogens with zero attached hydrogens (tertiary/aromatic N) is 1. The SMILES string of the molecule is COc1ccc(COC(=O)C2(c3cc(-c4ccco4)cs3)CS[C@@H]3[C@H](NC(=O)Cc4ccccc4)C(=O)N3C2)cc1. The van der Waals surface area contributed by atoms with Gasteiger partial charge in [0.2, 0.25) is 11.8 Å². The number of β-lactam (4-membered cyclic amide) rings is 1. The molecule has 2 aromatic carbocycles. The molecule has 4 heterocycles. The number of thioether (sulfide) groups is 1. The molecule has 2 saturated heterocycles. The average molecular weight is 589 g/mol. The molecule has 0 aliphatic carbocycles. The van der Waals surface area contributed by atoms with Crippen LogP contribution in [0.4, 0.5) is 0 Å². The second kappa shape index (κ2) is 11.5. The van der Waals surface area contributed by atoms with E-state index in [0.29, 0.717) is 11.5 Å². The van der Waals surface area contributed by atoms with Crippen LogP contribution >= 0.6 is 23.1 Å². The molecule has 8 nitrogen and oxygen atoms in total. The lowest BCUT2D eigenvalue weighted by Crippen LogP contribution is -2.74. The molecule has 1 N–H and O–H groups in total. The van der Waals surface area contributed by atoms with E-state index in [9.17, 15) is 14.4 Å². The number of hydrogen-bond donors (Lipinski definition) is 1. The highest BCUT2D eigenvalue weighted by Crippen LogP contribution is 2.46. The molecule has 0 spiro atoms. The Morgan fingerprint density at radius 1 is 1.07 bits per heavy atom. The lowest BCUT2D eigenvalue weighted by Gasteiger charge is -2.54. The van der Waals surface area contributed by atoms with Gasteiger partial charge in [-0.05, 0) is 41.5 Å². The maximum absolute atomic E-state index is 13.9. The molecular weight excluding hydrogens is 560 g/mol. The summed E-state index contributed by atoms with van der Waals surface area (Å²) in [7, 11) is 1.60. The van der Waals surface area contributed by atoms with Crippen molar-refractivity contribution >= 4 is 40.9 Å². The fraction of sp³-hybridized carbons (Fsp3) is 0.258. The number of hydrogen-bond acceptors (Lipinski definition) is 8. The van der Waals surface area contributed by atoms with Gasteiger partial charge in [0.15, 0.2) is 0 Å². The van der Waals surface area contributed by atoms with Crippen LogP contribution in [0.1, 0.15) is 16.0 Å². The van der Waals surface area contributed by atoms with E-state index in [-0.39, 0.29) is 36.8 Å². The minimum Gasteiger partial charge on any atom is -0.497 e. The Labute approximate surface area is 245 Å². The third-order valence-electron chi connectivity index (χ3n) is 7.40. The van der Waals surface area contributed by atoms with Crippen LogP contribution in [0.5, 0.6) is 5.75 Å². The maximum Gasteiger partial charge on any atom is 0.320 e. The number of rotatable bonds is 9. The number of ether oxygens (including phenoxy) is 2. The van der Waals surface area contributed by atoms with Crippen LogP contribution in [0.15, 0.2) is 88.9 Å². The fourth-order valence-electron chi connectivity index (χ4n) is 5.12. The summed E-state index contributed by atoms with van der Waals surface area (Å²) in [5, 5.41) is 4.61. The lowest BCUT2D eigenvalue weighted by molar-refractivity contribution is -0.158. The van der Waals surface area contributed by atoms with Crippen molar-refractivity contribution in [2.24, 2.45) is 0 Å². The van der Waals surface area contributed by atoms with E-state index in [1.54, 1.807) is 18.3 Å². The van der Waals surface area contributed by atoms with Crippen LogP contribution in [0.2, 0.25) is 0 Å². The number of furan rings is 1. The highest BCUT2D eigenvalue weighted by Gasteiger charge is 2.59. The van der Waals surface area contributed by atoms with E-state index in [1.165, 1.54) is 23.1 Å². The van der Waals surface area contributed by atoms with E-state index >= 15 is 0 Å². The number of benzene rings is 2. The van der Waals surface area contributed by atoms with Gasteiger partial charge in [0, 0.05) is 28.1 Å². The summed E-state index contributed by atoms with van der Waals surface area (Å²) in [5.41, 5.74) is 1.52. The van der Waals surface area contributed by atoms with Crippen LogP contribution < -0.4 is 10.1 Å². The highest BCUT2D eigenvalue weighted by molar-refractivity contribution is 8.00. The van der Waals surface area contributed by atoms with Crippen LogP contribution in [0.3, 0.4) is 0 Å². The first-order chi connectivity index (χ1) is 20.0. The second-order valence-electron chi connectivity index (χ2n) is 10.1. The monoisotopic (exact) mass is 588 g/mol. The Morgan fingerprint density at radius 2 is 1.88 bits per heavy atom. The molecule has 0 bridgehead atoms. The summed E-state index contributed by atoms with van der Waals surface area (Å²) < 4.78 is 16.7. The van der Waals surface area contributed by atoms with Crippen LogP contribution in [0, 0.1) is 0 Å². The number of nitrogens with one attached hydrogen (secondary N) is 1. The van der Waals surface area contributed by atoms with Gasteiger partial charge in [0.1, 0.15) is 34.9 Å². The van der Waals surface area contributed by atoms with Crippen molar-refractivity contribution in [3.05, 3.63) is 100 Å². The third-order valence-corrected chi connectivity index (χ3v) is 10.1. The van der Waals surface area contributed by atoms with Crippen molar-refractivity contribution < 1.29 is 28.3 Å². The number of fused-ring (bicyclic) bond motifs is 1. The van der Waals surface area contributed by atoms with E-state index in [0.717, 1.165) is 27.3 Å². The summed E-state index contributed by atoms with van der Waals surface area (Å²) >= 11 is 2.94. The molecule has 2 amide bonds. The number of amides is 2. The minimum atomic E-state index is -1.06. The molecule has 6 rings (SSSR count). The molecule has 2 aromatic heterocycles. The molecule has 41 heavy (non-hydrogen) atoms. The van der Waals surface area contributed by atoms with Gasteiger partial charge in [0.25, 0.3) is 0 Å². The Balaban J connectivity index is 1.20. The average Bonchev–Trinajstić information content (AvgIpc) is 3.72. The summed E-state index contributed by atoms with van der Waals surface area (Å²) in [6.07, 6.45) is 1.81. The van der Waals surface area contributed by atoms with Crippen molar-refractivity contribution in [3.8, 4) is 17.1 Å². The van der Waals surface area contributed by atoms with Crippen molar-refractivity contribution in [3.63, 3.8) is 0 Å². The van der Waals surface area contributed by atoms with Gasteiger partial charge in [0.05, 0.1) is 19.8 Å². The lowest BCUT2D eigenvalue weighted by atomic mass is 9.85. The quantitative estimate of drug-likeness (QED) is 0.225. The minimum absolute atomic E-state index is 0.0984. The molecule has 4 aromatic rings. The zero-order valence-corrected chi connectivity index (χ0v) is 23.9. The number of esters is 1. The number of carbonyl (C=O) groups is 3. The maximum atomic E-state index is 13.9. The van der Waals surface area contributed by atoms with E-state index < -0.39 is 17.4 Å². The zero-order chi connectivity index (χ0) is 28.4. The predicted octanol–water partition coefficient (Wildman–Crippen LogP) is 4.64. The van der Waals surface area contributed by atoms with Crippen molar-refractivity contribution in [2.75, 3.05) is 19.4 Å². The molecule has 3 atom stereocenters. The van der Waals surface area contributed by atoms with Crippen LogP contribution in [-0.2, 0) is 37.6 Å². The third kappa shape index (κ3) is 5.37. The number of carbonyl (C=O) groups excluding carboxylic acids is 3. The molecule has 2 aliphatic rings. The fourth-order valence-corrected chi connectivity index (χ4v) is 7.85. The molecule has 210 valence electrons. The van der Waals surface area contributed by atoms with Gasteiger partial charge < -0.3 is 24.1 Å². The van der Waals surface area contributed by atoms with Crippen molar-refractivity contribution in [1.82, 2.24) is 10.2 Å². The molecule has 2 aliphatic heterocycles. The standard InChI is InChI=1S/C31H28N2O6S2/c1-37-23-11-9-21(10-12-23)16-39-30(36)31(25-15-22(17-40-25)24-8-5-13-38-24)18-33-28(35)27(29(33)41-19-31)32-26(34)14-20-6-3-2-4-7-20/h2-13,15,17,27,29H,14,16,18-19H2,1H3,(H,32,34)/t27-,29-,31?/m1/s1. The smallest absolute Gasteiger partial charge is 0.320 e. The van der Waals surface area contributed by atoms with Gasteiger partial charge >= 0.3 is 5.97 Å². The van der Waals surface area contributed by atoms with Gasteiger partial charge in [-0.1, -0.05) is 42.5 Å². The van der Waals surface area contributed by atoms with Crippen molar-refractivity contribution in [2.45, 2.75) is 29.9 Å². The highest BCUT2D eigenvalue weighted by atomic mass is 32.2. The van der Waals surface area contributed by atoms with Gasteiger partial charge in [-0.15, -0.1) is 23.1 Å². The molecule has 0 radical (unpaired) electrons. The first kappa shape index (κ1) is 27.2. The Bertz CT molecular complexity index is 1540. The van der Waals surface area contributed by atoms with Gasteiger partial charge in [-0.2, -0.15) is 0 Å². The number of thiophene rings is 1. The number of methoxy groups -OCH3 is 1. The van der Waals surface area contributed by atoms with Crippen LogP contribution in [0.25, 0.3) is 11.3 Å². The molecule has 2 fully saturated rings. The van der Waals surface area contributed by atoms with E-state index in [2.05, 4.69) is 5.32 Å². The molecular formula is C31H28N2O6S2. The van der Waals surface area contributed by atoms with Crippen molar-refractivity contribution in [1.29, 1.82) is 0 Å². The summed E-state index contributed by atoms with van der Waals surface area (Å²) in [6, 6.07) is 21.8. The Kier molecular flexibility index (Phi) is 7.59. The summed E-state index contributed by atoms with van der Waals surface area (Å²) in [6.45, 7) is 0.273. The molecule has 1 unspecified atom stereocenters. The normalized spacial score (nSPS) is 21.5.